The fourth-order valence-corrected chi connectivity index (χ4v) is 4.18. The molecule has 0 aromatic heterocycles. The average molecular weight is 476 g/mol. The Balaban J connectivity index is 1.31. The van der Waals surface area contributed by atoms with Crippen LogP contribution in [0.25, 0.3) is 0 Å². The van der Waals surface area contributed by atoms with E-state index in [9.17, 15) is 27.6 Å². The number of nitrogens with one attached hydrogen (secondary N) is 2. The molecule has 1 spiro atoms. The second kappa shape index (κ2) is 9.34. The molecule has 2 heterocycles. The van der Waals surface area contributed by atoms with Crippen molar-refractivity contribution >= 4 is 23.5 Å². The molecule has 2 fully saturated rings. The van der Waals surface area contributed by atoms with Crippen molar-refractivity contribution in [2.45, 2.75) is 31.3 Å². The number of anilines is 1. The number of halogens is 3. The lowest BCUT2D eigenvalue weighted by Gasteiger charge is -2.37. The van der Waals surface area contributed by atoms with Crippen LogP contribution < -0.4 is 15.4 Å². The Hall–Kier alpha value is -3.60. The van der Waals surface area contributed by atoms with E-state index in [2.05, 4.69) is 20.3 Å². The van der Waals surface area contributed by atoms with Crippen LogP contribution in [0.15, 0.2) is 54.6 Å². The Morgan fingerprint density at radius 2 is 1.68 bits per heavy atom. The number of urea groups is 1. The first-order valence-electron chi connectivity index (χ1n) is 10.7. The van der Waals surface area contributed by atoms with Crippen LogP contribution in [0.1, 0.15) is 18.4 Å². The van der Waals surface area contributed by atoms with Crippen molar-refractivity contribution in [3.63, 3.8) is 0 Å². The molecule has 0 radical (unpaired) electrons. The number of hydrogen-bond acceptors (Lipinski definition) is 5. The number of alkyl halides is 3. The second-order valence-corrected chi connectivity index (χ2v) is 8.29. The van der Waals surface area contributed by atoms with E-state index in [4.69, 9.17) is 0 Å². The summed E-state index contributed by atoms with van der Waals surface area (Å²) in [6.45, 7) is 1.49. The topological polar surface area (TPSA) is 91.0 Å². The van der Waals surface area contributed by atoms with Crippen molar-refractivity contribution in [1.29, 1.82) is 0 Å². The highest BCUT2D eigenvalue weighted by Crippen LogP contribution is 2.30. The van der Waals surface area contributed by atoms with Crippen LogP contribution in [0.4, 0.5) is 23.7 Å². The zero-order chi connectivity index (χ0) is 24.3. The van der Waals surface area contributed by atoms with Crippen molar-refractivity contribution in [2.24, 2.45) is 0 Å². The lowest BCUT2D eigenvalue weighted by Crippen LogP contribution is -2.54. The van der Waals surface area contributed by atoms with Gasteiger partial charge in [-0.05, 0) is 42.7 Å². The van der Waals surface area contributed by atoms with Gasteiger partial charge in [0.05, 0.1) is 0 Å². The molecule has 2 N–H and O–H groups in total. The first-order valence-corrected chi connectivity index (χ1v) is 10.7. The van der Waals surface area contributed by atoms with Gasteiger partial charge in [0.2, 0.25) is 5.91 Å². The van der Waals surface area contributed by atoms with Crippen molar-refractivity contribution in [3.8, 4) is 5.75 Å². The molecule has 2 aliphatic heterocycles. The predicted octanol–water partition coefficient (Wildman–Crippen LogP) is 3.11. The zero-order valence-electron chi connectivity index (χ0n) is 18.1. The summed E-state index contributed by atoms with van der Waals surface area (Å²) in [4.78, 5) is 41.0. The maximum absolute atomic E-state index is 13.0. The Kier molecular flexibility index (Phi) is 6.47. The fourth-order valence-electron chi connectivity index (χ4n) is 4.18. The molecule has 0 saturated carbocycles. The number of carbonyl (C=O) groups is 3. The molecule has 2 aromatic rings. The van der Waals surface area contributed by atoms with Gasteiger partial charge in [0.15, 0.2) is 0 Å². The Morgan fingerprint density at radius 3 is 2.29 bits per heavy atom. The highest BCUT2D eigenvalue weighted by Gasteiger charge is 2.52. The van der Waals surface area contributed by atoms with E-state index in [1.54, 1.807) is 0 Å². The number of carbonyl (C=O) groups excluding carboxylic acids is 3. The van der Waals surface area contributed by atoms with Gasteiger partial charge in [-0.3, -0.25) is 19.4 Å². The molecular weight excluding hydrogens is 453 g/mol. The van der Waals surface area contributed by atoms with Gasteiger partial charge in [-0.15, -0.1) is 13.2 Å². The molecule has 4 amide bonds. The van der Waals surface area contributed by atoms with Crippen LogP contribution in [0.5, 0.6) is 5.75 Å². The van der Waals surface area contributed by atoms with Crippen molar-refractivity contribution in [1.82, 2.24) is 15.1 Å². The minimum atomic E-state index is -4.82. The molecule has 0 atom stereocenters. The minimum absolute atomic E-state index is 0.204. The van der Waals surface area contributed by atoms with E-state index in [1.807, 2.05) is 30.3 Å². The number of ether oxygens (including phenoxy) is 1. The molecule has 2 saturated heterocycles. The molecule has 2 aliphatic rings. The molecule has 4 rings (SSSR count). The standard InChI is InChI=1S/C23H23F3N4O4/c24-23(25,26)34-18-8-6-17(7-9-18)27-19(31)15-30-20(32)22(28-21(30)33)10-12-29(13-11-22)14-16-4-2-1-3-5-16/h1-9H,10-15H2,(H,27,31)(H,28,33). The Labute approximate surface area is 193 Å². The van der Waals surface area contributed by atoms with Crippen molar-refractivity contribution in [2.75, 3.05) is 25.0 Å². The normalized spacial score (nSPS) is 18.1. The smallest absolute Gasteiger partial charge is 0.406 e. The second-order valence-electron chi connectivity index (χ2n) is 8.29. The maximum Gasteiger partial charge on any atom is 0.573 e. The lowest BCUT2D eigenvalue weighted by molar-refractivity contribution is -0.274. The van der Waals surface area contributed by atoms with E-state index in [0.717, 1.165) is 29.1 Å². The highest BCUT2D eigenvalue weighted by atomic mass is 19.4. The van der Waals surface area contributed by atoms with Crippen LogP contribution >= 0.6 is 0 Å². The summed E-state index contributed by atoms with van der Waals surface area (Å²) in [7, 11) is 0. The monoisotopic (exact) mass is 476 g/mol. The van der Waals surface area contributed by atoms with E-state index >= 15 is 0 Å². The van der Waals surface area contributed by atoms with Gasteiger partial charge in [0, 0.05) is 25.3 Å². The van der Waals surface area contributed by atoms with Gasteiger partial charge in [0.25, 0.3) is 5.91 Å². The third-order valence-corrected chi connectivity index (χ3v) is 5.88. The summed E-state index contributed by atoms with van der Waals surface area (Å²) in [5.41, 5.74) is 0.341. The Morgan fingerprint density at radius 1 is 1.03 bits per heavy atom. The molecule has 2 aromatic carbocycles. The summed E-state index contributed by atoms with van der Waals surface area (Å²) in [5.74, 6) is -1.52. The van der Waals surface area contributed by atoms with E-state index in [0.29, 0.717) is 25.9 Å². The van der Waals surface area contributed by atoms with Gasteiger partial charge in [-0.25, -0.2) is 4.79 Å². The van der Waals surface area contributed by atoms with Crippen molar-refractivity contribution in [3.05, 3.63) is 60.2 Å². The van der Waals surface area contributed by atoms with Gasteiger partial charge in [-0.1, -0.05) is 30.3 Å². The quantitative estimate of drug-likeness (QED) is 0.626. The number of benzene rings is 2. The number of likely N-dealkylation sites (tertiary alicyclic amines) is 1. The molecule has 0 unspecified atom stereocenters. The summed E-state index contributed by atoms with van der Waals surface area (Å²) in [5, 5.41) is 5.23. The van der Waals surface area contributed by atoms with Gasteiger partial charge in [-0.2, -0.15) is 0 Å². The number of hydrogen-bond donors (Lipinski definition) is 2. The van der Waals surface area contributed by atoms with Crippen LogP contribution in [0, 0.1) is 0 Å². The van der Waals surface area contributed by atoms with Crippen LogP contribution in [0.3, 0.4) is 0 Å². The van der Waals surface area contributed by atoms with E-state index < -0.39 is 42.0 Å². The van der Waals surface area contributed by atoms with Crippen LogP contribution in [-0.2, 0) is 16.1 Å². The molecule has 0 bridgehead atoms. The largest absolute Gasteiger partial charge is 0.573 e. The van der Waals surface area contributed by atoms with Crippen LogP contribution in [-0.4, -0.2) is 59.2 Å². The average Bonchev–Trinajstić information content (AvgIpc) is 3.00. The molecule has 8 nitrogen and oxygen atoms in total. The van der Waals surface area contributed by atoms with Gasteiger partial charge in [0.1, 0.15) is 17.8 Å². The highest BCUT2D eigenvalue weighted by molar-refractivity contribution is 6.10. The van der Waals surface area contributed by atoms with E-state index in [1.165, 1.54) is 12.1 Å². The summed E-state index contributed by atoms with van der Waals surface area (Å²) >= 11 is 0. The van der Waals surface area contributed by atoms with Crippen molar-refractivity contribution < 1.29 is 32.3 Å². The molecule has 0 aliphatic carbocycles. The zero-order valence-corrected chi connectivity index (χ0v) is 18.1. The van der Waals surface area contributed by atoms with Crippen LogP contribution in [0.2, 0.25) is 0 Å². The summed E-state index contributed by atoms with van der Waals surface area (Å²) < 4.78 is 40.5. The third kappa shape index (κ3) is 5.48. The first-order chi connectivity index (χ1) is 16.1. The lowest BCUT2D eigenvalue weighted by atomic mass is 9.87. The number of imide groups is 1. The van der Waals surface area contributed by atoms with Gasteiger partial charge >= 0.3 is 12.4 Å². The summed E-state index contributed by atoms with van der Waals surface area (Å²) in [6, 6.07) is 13.9. The van der Waals surface area contributed by atoms with Gasteiger partial charge < -0.3 is 15.4 Å². The number of piperidine rings is 1. The summed E-state index contributed by atoms with van der Waals surface area (Å²) in [6.07, 6.45) is -3.95. The number of rotatable bonds is 6. The number of amides is 4. The minimum Gasteiger partial charge on any atom is -0.406 e. The predicted molar refractivity (Wildman–Crippen MR) is 116 cm³/mol. The fraction of sp³-hybridized carbons (Fsp3) is 0.348. The SMILES string of the molecule is O=C(CN1C(=O)NC2(CCN(Cc3ccccc3)CC2)C1=O)Nc1ccc(OC(F)(F)F)cc1. The molecular formula is C23H23F3N4O4. The molecule has 11 heteroatoms. The first kappa shape index (κ1) is 23.6. The van der Waals surface area contributed by atoms with E-state index in [-0.39, 0.29) is 5.69 Å². The molecule has 180 valence electrons. The number of nitrogens with zero attached hydrogens (tertiary/aromatic N) is 2. The molecule has 34 heavy (non-hydrogen) atoms. The third-order valence-electron chi connectivity index (χ3n) is 5.88. The maximum atomic E-state index is 13.0. The Bertz CT molecular complexity index is 1050.